The largest absolute Gasteiger partial charge is 0.303 e. The molecule has 2 heterocycles. The summed E-state index contributed by atoms with van der Waals surface area (Å²) in [6.45, 7) is 0. The highest BCUT2D eigenvalue weighted by Gasteiger charge is 2.28. The van der Waals surface area contributed by atoms with Crippen LogP contribution in [-0.4, -0.2) is 50.5 Å². The van der Waals surface area contributed by atoms with E-state index < -0.39 is 0 Å². The molecule has 6 rings (SSSR count). The van der Waals surface area contributed by atoms with Crippen molar-refractivity contribution in [3.63, 3.8) is 0 Å². The zero-order valence-electron chi connectivity index (χ0n) is 26.1. The zero-order chi connectivity index (χ0) is 32.2. The SMILES string of the molecule is C1CSCSC1.O=C(CC(c1ccccc1)C1SCCCS1)c1ccccc1.O=CC(CC(=O)c1ccccc1)c1ccccc1. The first-order valence-corrected chi connectivity index (χ1v) is 20.2. The third-order valence-electron chi connectivity index (χ3n) is 7.55. The Morgan fingerprint density at radius 1 is 0.587 bits per heavy atom. The summed E-state index contributed by atoms with van der Waals surface area (Å²) in [5.74, 6) is 5.39. The van der Waals surface area contributed by atoms with Crippen LogP contribution in [0.4, 0.5) is 0 Å². The highest BCUT2D eigenvalue weighted by Crippen LogP contribution is 2.42. The fourth-order valence-corrected chi connectivity index (χ4v) is 10.6. The standard InChI is InChI=1S/C19H20OS2.C16H14O2.C4H8S2/c20-18(16-10-5-2-6-11-16)14-17(15-8-3-1-4-9-15)19-21-12-7-13-22-19;17-12-15(13-7-3-1-4-8-13)11-16(18)14-9-5-2-6-10-14;1-2-5-4-6-3-1/h1-6,8-11,17,19H,7,12-14H2;1-10,12,15H,11H2;1-4H2. The van der Waals surface area contributed by atoms with Gasteiger partial charge in [-0.25, -0.2) is 0 Å². The summed E-state index contributed by atoms with van der Waals surface area (Å²) in [6, 6.07) is 38.7. The van der Waals surface area contributed by atoms with E-state index in [-0.39, 0.29) is 23.9 Å². The molecule has 0 aliphatic carbocycles. The summed E-state index contributed by atoms with van der Waals surface area (Å²) in [4.78, 5) is 35.8. The Kier molecular flexibility index (Phi) is 16.7. The summed E-state index contributed by atoms with van der Waals surface area (Å²) >= 11 is 8.14. The Morgan fingerprint density at radius 3 is 1.46 bits per heavy atom. The third-order valence-corrected chi connectivity index (χ3v) is 13.2. The molecule has 7 heteroatoms. The predicted molar refractivity (Wildman–Crippen MR) is 203 cm³/mol. The summed E-state index contributed by atoms with van der Waals surface area (Å²) < 4.78 is 0.490. The van der Waals surface area contributed by atoms with Gasteiger partial charge in [0.25, 0.3) is 0 Å². The molecule has 46 heavy (non-hydrogen) atoms. The molecule has 3 nitrogen and oxygen atoms in total. The van der Waals surface area contributed by atoms with Crippen molar-refractivity contribution in [2.45, 2.75) is 42.1 Å². The number of hydrogen-bond donors (Lipinski definition) is 0. The number of carbonyl (C=O) groups excluding carboxylic acids is 3. The Labute approximate surface area is 291 Å². The van der Waals surface area contributed by atoms with Crippen LogP contribution in [0.1, 0.15) is 69.4 Å². The van der Waals surface area contributed by atoms with E-state index in [4.69, 9.17) is 0 Å². The highest BCUT2D eigenvalue weighted by molar-refractivity contribution is 8.17. The lowest BCUT2D eigenvalue weighted by Gasteiger charge is -2.29. The van der Waals surface area contributed by atoms with Crippen LogP contribution >= 0.6 is 47.0 Å². The van der Waals surface area contributed by atoms with Crippen LogP contribution in [0.25, 0.3) is 0 Å². The molecule has 0 radical (unpaired) electrons. The lowest BCUT2D eigenvalue weighted by Crippen LogP contribution is -2.20. The van der Waals surface area contributed by atoms with Crippen LogP contribution in [0, 0.1) is 0 Å². The summed E-state index contributed by atoms with van der Waals surface area (Å²) in [6.07, 6.45) is 4.36. The van der Waals surface area contributed by atoms with Gasteiger partial charge in [-0.3, -0.25) is 9.59 Å². The molecule has 2 atom stereocenters. The Balaban J connectivity index is 0.000000179. The van der Waals surface area contributed by atoms with E-state index in [0.717, 1.165) is 17.4 Å². The van der Waals surface area contributed by atoms with E-state index >= 15 is 0 Å². The van der Waals surface area contributed by atoms with Gasteiger partial charge in [0.2, 0.25) is 0 Å². The molecule has 2 aliphatic rings. The molecule has 0 amide bonds. The molecule has 0 bridgehead atoms. The van der Waals surface area contributed by atoms with Gasteiger partial charge in [0, 0.05) is 40.9 Å². The molecule has 0 N–H and O–H groups in total. The smallest absolute Gasteiger partial charge is 0.163 e. The van der Waals surface area contributed by atoms with Crippen molar-refractivity contribution in [1.82, 2.24) is 0 Å². The summed E-state index contributed by atoms with van der Waals surface area (Å²) in [7, 11) is 0. The second-order valence-electron chi connectivity index (χ2n) is 10.9. The van der Waals surface area contributed by atoms with Crippen molar-refractivity contribution < 1.29 is 14.4 Å². The van der Waals surface area contributed by atoms with E-state index in [0.29, 0.717) is 22.5 Å². The first-order chi connectivity index (χ1) is 22.7. The van der Waals surface area contributed by atoms with E-state index in [1.165, 1.54) is 46.5 Å². The minimum Gasteiger partial charge on any atom is -0.303 e. The Hall–Kier alpha value is -2.71. The van der Waals surface area contributed by atoms with Crippen LogP contribution in [0.5, 0.6) is 0 Å². The summed E-state index contributed by atoms with van der Waals surface area (Å²) in [5.41, 5.74) is 3.66. The molecule has 240 valence electrons. The maximum Gasteiger partial charge on any atom is 0.163 e. The van der Waals surface area contributed by atoms with E-state index in [2.05, 4.69) is 47.8 Å². The number of benzene rings is 4. The predicted octanol–water partition coefficient (Wildman–Crippen LogP) is 10.3. The quantitative estimate of drug-likeness (QED) is 0.122. The number of rotatable bonds is 10. The van der Waals surface area contributed by atoms with Crippen LogP contribution in [0.2, 0.25) is 0 Å². The lowest BCUT2D eigenvalue weighted by atomic mass is 9.93. The average Bonchev–Trinajstić information content (AvgIpc) is 3.15. The van der Waals surface area contributed by atoms with Crippen molar-refractivity contribution in [2.75, 3.05) is 28.1 Å². The third kappa shape index (κ3) is 12.5. The van der Waals surface area contributed by atoms with Gasteiger partial charge < -0.3 is 4.79 Å². The Morgan fingerprint density at radius 2 is 1.02 bits per heavy atom. The molecule has 2 saturated heterocycles. The van der Waals surface area contributed by atoms with Gasteiger partial charge in [-0.15, -0.1) is 23.5 Å². The van der Waals surface area contributed by atoms with Gasteiger partial charge in [-0.2, -0.15) is 23.5 Å². The second kappa shape index (κ2) is 21.2. The molecule has 4 aromatic rings. The monoisotopic (exact) mass is 686 g/mol. The molecular weight excluding hydrogens is 645 g/mol. The molecule has 0 saturated carbocycles. The van der Waals surface area contributed by atoms with Crippen molar-refractivity contribution in [3.8, 4) is 0 Å². The molecule has 0 aromatic heterocycles. The maximum absolute atomic E-state index is 12.7. The molecular formula is C39H42O3S4. The highest BCUT2D eigenvalue weighted by atomic mass is 32.2. The van der Waals surface area contributed by atoms with E-state index in [1.807, 2.05) is 108 Å². The first-order valence-electron chi connectivity index (χ1n) is 15.8. The minimum atomic E-state index is -0.362. The average molecular weight is 687 g/mol. The number of Topliss-reactive ketones (excluding diaryl/α,β-unsaturated/α-hetero) is 2. The normalized spacial score (nSPS) is 15.9. The van der Waals surface area contributed by atoms with Crippen molar-refractivity contribution in [1.29, 1.82) is 0 Å². The number of carbonyl (C=O) groups is 3. The maximum atomic E-state index is 12.7. The van der Waals surface area contributed by atoms with Crippen LogP contribution in [-0.2, 0) is 4.79 Å². The van der Waals surface area contributed by atoms with Gasteiger partial charge in [0.1, 0.15) is 6.29 Å². The van der Waals surface area contributed by atoms with Crippen molar-refractivity contribution in [2.24, 2.45) is 0 Å². The van der Waals surface area contributed by atoms with Gasteiger partial charge in [-0.1, -0.05) is 121 Å². The van der Waals surface area contributed by atoms with E-state index in [1.54, 1.807) is 12.1 Å². The molecule has 4 aromatic carbocycles. The fourth-order valence-electron chi connectivity index (χ4n) is 5.08. The fraction of sp³-hybridized carbons (Fsp3) is 0.308. The molecule has 2 fully saturated rings. The van der Waals surface area contributed by atoms with E-state index in [9.17, 15) is 14.4 Å². The first kappa shape index (κ1) is 36.1. The molecule has 0 spiro atoms. The number of hydrogen-bond acceptors (Lipinski definition) is 7. The number of aldehydes is 1. The van der Waals surface area contributed by atoms with Gasteiger partial charge in [0.15, 0.2) is 11.6 Å². The zero-order valence-corrected chi connectivity index (χ0v) is 29.3. The van der Waals surface area contributed by atoms with Gasteiger partial charge in [0.05, 0.1) is 4.58 Å². The van der Waals surface area contributed by atoms with Crippen LogP contribution in [0.15, 0.2) is 121 Å². The Bertz CT molecular complexity index is 1410. The van der Waals surface area contributed by atoms with Gasteiger partial charge in [-0.05, 0) is 47.0 Å². The van der Waals surface area contributed by atoms with Crippen LogP contribution in [0.3, 0.4) is 0 Å². The topological polar surface area (TPSA) is 51.2 Å². The van der Waals surface area contributed by atoms with Crippen molar-refractivity contribution in [3.05, 3.63) is 144 Å². The lowest BCUT2D eigenvalue weighted by molar-refractivity contribution is -0.109. The number of thioether (sulfide) groups is 4. The summed E-state index contributed by atoms with van der Waals surface area (Å²) in [5, 5.41) is 1.33. The molecule has 2 unspecified atom stereocenters. The van der Waals surface area contributed by atoms with Crippen LogP contribution < -0.4 is 0 Å². The number of ketones is 2. The van der Waals surface area contributed by atoms with Crippen molar-refractivity contribution >= 4 is 64.9 Å². The van der Waals surface area contributed by atoms with Gasteiger partial charge >= 0.3 is 0 Å². The minimum absolute atomic E-state index is 0.00319. The second-order valence-corrected chi connectivity index (χ2v) is 16.3. The molecule has 2 aliphatic heterocycles.